The summed E-state index contributed by atoms with van der Waals surface area (Å²) >= 11 is 0. The SMILES string of the molecule is COc1ccc(S(=O)(=O)N(CC(C)C)C[C@@H](O)[C@H](Cc2ccccc2)N2COCC2C(N)=O)cc1. The van der Waals surface area contributed by atoms with Crippen molar-refractivity contribution >= 4 is 15.9 Å². The Bertz CT molecular complexity index is 1060. The average Bonchev–Trinajstić information content (AvgIpc) is 3.32. The van der Waals surface area contributed by atoms with Crippen LogP contribution in [0.1, 0.15) is 19.4 Å². The molecule has 10 heteroatoms. The summed E-state index contributed by atoms with van der Waals surface area (Å²) in [6.07, 6.45) is -0.710. The van der Waals surface area contributed by atoms with Crippen molar-refractivity contribution in [2.24, 2.45) is 11.7 Å². The number of sulfonamides is 1. The highest BCUT2D eigenvalue weighted by atomic mass is 32.2. The van der Waals surface area contributed by atoms with Gasteiger partial charge in [0.25, 0.3) is 0 Å². The summed E-state index contributed by atoms with van der Waals surface area (Å²) in [6.45, 7) is 4.17. The minimum absolute atomic E-state index is 0.0243. The normalized spacial score (nSPS) is 18.6. The third-order valence-electron chi connectivity index (χ3n) is 6.06. The Hall–Kier alpha value is -2.50. The molecule has 1 amide bonds. The first kappa shape index (κ1) is 27.1. The lowest BCUT2D eigenvalue weighted by Gasteiger charge is -2.36. The van der Waals surface area contributed by atoms with E-state index in [1.807, 2.05) is 44.2 Å². The summed E-state index contributed by atoms with van der Waals surface area (Å²) in [5.74, 6) is 0.0304. The summed E-state index contributed by atoms with van der Waals surface area (Å²) in [6, 6.07) is 14.4. The molecule has 1 aliphatic rings. The molecule has 0 spiro atoms. The maximum absolute atomic E-state index is 13.5. The van der Waals surface area contributed by atoms with Crippen LogP contribution >= 0.6 is 0 Å². The monoisotopic (exact) mass is 505 g/mol. The number of benzene rings is 2. The number of amides is 1. The van der Waals surface area contributed by atoms with E-state index >= 15 is 0 Å². The van der Waals surface area contributed by atoms with Crippen LogP contribution in [-0.2, 0) is 26.0 Å². The van der Waals surface area contributed by atoms with Gasteiger partial charge in [0, 0.05) is 19.1 Å². The maximum atomic E-state index is 13.5. The van der Waals surface area contributed by atoms with Crippen LogP contribution in [0.4, 0.5) is 0 Å². The van der Waals surface area contributed by atoms with Gasteiger partial charge in [0.1, 0.15) is 18.5 Å². The van der Waals surface area contributed by atoms with Crippen molar-refractivity contribution in [3.05, 3.63) is 60.2 Å². The van der Waals surface area contributed by atoms with Gasteiger partial charge in [0.15, 0.2) is 0 Å². The summed E-state index contributed by atoms with van der Waals surface area (Å²) in [4.78, 5) is 13.9. The van der Waals surface area contributed by atoms with Crippen LogP contribution in [0, 0.1) is 5.92 Å². The molecular formula is C25H35N3O6S. The number of aliphatic hydroxyl groups excluding tert-OH is 1. The largest absolute Gasteiger partial charge is 0.497 e. The van der Waals surface area contributed by atoms with Gasteiger partial charge < -0.3 is 20.3 Å². The predicted molar refractivity (Wildman–Crippen MR) is 132 cm³/mol. The molecule has 0 radical (unpaired) electrons. The smallest absolute Gasteiger partial charge is 0.243 e. The lowest BCUT2D eigenvalue weighted by Crippen LogP contribution is -2.55. The average molecular weight is 506 g/mol. The zero-order chi connectivity index (χ0) is 25.6. The van der Waals surface area contributed by atoms with Crippen LogP contribution in [0.5, 0.6) is 5.75 Å². The number of nitrogens with zero attached hydrogens (tertiary/aromatic N) is 2. The Balaban J connectivity index is 1.91. The number of carbonyl (C=O) groups is 1. The van der Waals surface area contributed by atoms with Crippen LogP contribution in [-0.4, -0.2) is 80.4 Å². The number of aliphatic hydroxyl groups is 1. The fourth-order valence-electron chi connectivity index (χ4n) is 4.26. The van der Waals surface area contributed by atoms with Crippen molar-refractivity contribution in [1.29, 1.82) is 0 Å². The van der Waals surface area contributed by atoms with Gasteiger partial charge in [-0.25, -0.2) is 8.42 Å². The van der Waals surface area contributed by atoms with Crippen molar-refractivity contribution in [3.8, 4) is 5.75 Å². The second-order valence-corrected chi connectivity index (χ2v) is 11.1. The van der Waals surface area contributed by atoms with Gasteiger partial charge in [0.2, 0.25) is 15.9 Å². The highest BCUT2D eigenvalue weighted by molar-refractivity contribution is 7.89. The molecule has 1 aliphatic heterocycles. The third kappa shape index (κ3) is 6.80. The number of rotatable bonds is 12. The molecule has 1 fully saturated rings. The molecule has 0 aromatic heterocycles. The molecular weight excluding hydrogens is 470 g/mol. The lowest BCUT2D eigenvalue weighted by atomic mass is 9.98. The van der Waals surface area contributed by atoms with E-state index in [1.165, 1.54) is 23.5 Å². The van der Waals surface area contributed by atoms with E-state index in [4.69, 9.17) is 15.2 Å². The molecule has 3 atom stereocenters. The highest BCUT2D eigenvalue weighted by Crippen LogP contribution is 2.24. The van der Waals surface area contributed by atoms with E-state index in [-0.39, 0.29) is 37.2 Å². The number of methoxy groups -OCH3 is 1. The van der Waals surface area contributed by atoms with Gasteiger partial charge in [0.05, 0.1) is 24.7 Å². The Labute approximate surface area is 207 Å². The molecule has 1 heterocycles. The second kappa shape index (κ2) is 12.0. The number of nitrogens with two attached hydrogens (primary N) is 1. The minimum Gasteiger partial charge on any atom is -0.497 e. The molecule has 9 nitrogen and oxygen atoms in total. The number of hydrogen-bond acceptors (Lipinski definition) is 7. The molecule has 3 rings (SSSR count). The van der Waals surface area contributed by atoms with Gasteiger partial charge in [-0.05, 0) is 42.2 Å². The van der Waals surface area contributed by atoms with Crippen LogP contribution in [0.2, 0.25) is 0 Å². The zero-order valence-electron chi connectivity index (χ0n) is 20.4. The molecule has 0 aliphatic carbocycles. The molecule has 192 valence electrons. The van der Waals surface area contributed by atoms with Gasteiger partial charge in [-0.15, -0.1) is 0 Å². The Morgan fingerprint density at radius 3 is 2.40 bits per heavy atom. The third-order valence-corrected chi connectivity index (χ3v) is 7.91. The Morgan fingerprint density at radius 1 is 1.17 bits per heavy atom. The number of ether oxygens (including phenoxy) is 2. The summed E-state index contributed by atoms with van der Waals surface area (Å²) in [5.41, 5.74) is 6.54. The van der Waals surface area contributed by atoms with Gasteiger partial charge in [-0.2, -0.15) is 4.31 Å². The topological polar surface area (TPSA) is 122 Å². The summed E-state index contributed by atoms with van der Waals surface area (Å²) < 4.78 is 39.0. The van der Waals surface area contributed by atoms with Gasteiger partial charge in [-0.1, -0.05) is 44.2 Å². The first-order chi connectivity index (χ1) is 16.6. The van der Waals surface area contributed by atoms with E-state index in [9.17, 15) is 18.3 Å². The predicted octanol–water partition coefficient (Wildman–Crippen LogP) is 1.46. The highest BCUT2D eigenvalue weighted by Gasteiger charge is 2.40. The van der Waals surface area contributed by atoms with E-state index < -0.39 is 34.1 Å². The molecule has 1 saturated heterocycles. The fourth-order valence-corrected chi connectivity index (χ4v) is 5.88. The molecule has 1 unspecified atom stereocenters. The lowest BCUT2D eigenvalue weighted by molar-refractivity contribution is -0.123. The number of carbonyl (C=O) groups excluding carboxylic acids is 1. The van der Waals surface area contributed by atoms with Crippen LogP contribution in [0.15, 0.2) is 59.5 Å². The minimum atomic E-state index is -3.90. The van der Waals surface area contributed by atoms with Crippen LogP contribution < -0.4 is 10.5 Å². The maximum Gasteiger partial charge on any atom is 0.243 e. The first-order valence-electron chi connectivity index (χ1n) is 11.6. The molecule has 2 aromatic carbocycles. The van der Waals surface area contributed by atoms with Crippen molar-refractivity contribution in [3.63, 3.8) is 0 Å². The van der Waals surface area contributed by atoms with E-state index in [2.05, 4.69) is 0 Å². The Kier molecular flexibility index (Phi) is 9.26. The van der Waals surface area contributed by atoms with E-state index in [1.54, 1.807) is 17.0 Å². The van der Waals surface area contributed by atoms with Crippen molar-refractivity contribution in [1.82, 2.24) is 9.21 Å². The van der Waals surface area contributed by atoms with Crippen LogP contribution in [0.25, 0.3) is 0 Å². The van der Waals surface area contributed by atoms with Gasteiger partial charge in [-0.3, -0.25) is 9.69 Å². The summed E-state index contributed by atoms with van der Waals surface area (Å²) in [5, 5.41) is 11.4. The molecule has 35 heavy (non-hydrogen) atoms. The van der Waals surface area contributed by atoms with E-state index in [0.29, 0.717) is 12.2 Å². The second-order valence-electron chi connectivity index (χ2n) is 9.15. The standard InChI is InChI=1S/C25H35N3O6S/c1-18(2)14-27(35(31,32)21-11-9-20(33-3)10-12-21)15-24(29)22(13-19-7-5-4-6-8-19)28-17-34-16-23(28)25(26)30/h4-12,18,22-24,29H,13-17H2,1-3H3,(H2,26,30)/t22-,23?,24+/m0/s1. The van der Waals surface area contributed by atoms with Crippen molar-refractivity contribution in [2.75, 3.05) is 33.5 Å². The number of hydrogen-bond donors (Lipinski definition) is 2. The first-order valence-corrected chi connectivity index (χ1v) is 13.1. The number of primary amides is 1. The molecule has 3 N–H and O–H groups in total. The molecule has 0 bridgehead atoms. The molecule has 2 aromatic rings. The van der Waals surface area contributed by atoms with Gasteiger partial charge >= 0.3 is 0 Å². The quantitative estimate of drug-likeness (QED) is 0.448. The van der Waals surface area contributed by atoms with E-state index in [0.717, 1.165) is 5.56 Å². The summed E-state index contributed by atoms with van der Waals surface area (Å²) in [7, 11) is -2.39. The Morgan fingerprint density at radius 2 is 1.83 bits per heavy atom. The van der Waals surface area contributed by atoms with Crippen molar-refractivity contribution in [2.45, 2.75) is 43.4 Å². The fraction of sp³-hybridized carbons (Fsp3) is 0.480. The van der Waals surface area contributed by atoms with Crippen LogP contribution in [0.3, 0.4) is 0 Å². The zero-order valence-corrected chi connectivity index (χ0v) is 21.2. The van der Waals surface area contributed by atoms with Crippen molar-refractivity contribution < 1.29 is 27.8 Å². The molecule has 0 saturated carbocycles.